The largest absolute Gasteiger partial charge is 0.631 e. The molecular formula is C13H21BO7. The van der Waals surface area contributed by atoms with Crippen LogP contribution in [0.3, 0.4) is 0 Å². The predicted octanol–water partition coefficient (Wildman–Crippen LogP) is -0.572. The zero-order valence-corrected chi connectivity index (χ0v) is 12.3. The molecule has 21 heavy (non-hydrogen) atoms. The zero-order valence-electron chi connectivity index (χ0n) is 12.3. The molecule has 2 rings (SSSR count). The third kappa shape index (κ3) is 5.18. The van der Waals surface area contributed by atoms with Gasteiger partial charge in [-0.25, -0.2) is 0 Å². The van der Waals surface area contributed by atoms with Crippen molar-refractivity contribution in [3.05, 3.63) is 23.8 Å². The topological polar surface area (TPSA) is 120 Å². The number of aliphatic hydroxyl groups is 2. The summed E-state index contributed by atoms with van der Waals surface area (Å²) in [6.45, 7) is 5.05. The van der Waals surface area contributed by atoms with E-state index in [-0.39, 0.29) is 6.79 Å². The minimum atomic E-state index is -2.17. The summed E-state index contributed by atoms with van der Waals surface area (Å²) >= 11 is 0. The minimum Gasteiger partial charge on any atom is -0.454 e. The molecule has 5 N–H and O–H groups in total. The zero-order chi connectivity index (χ0) is 16.3. The molecule has 1 aliphatic heterocycles. The molecule has 0 saturated heterocycles. The van der Waals surface area contributed by atoms with Gasteiger partial charge < -0.3 is 34.8 Å². The molecule has 0 spiro atoms. The molecule has 1 aromatic rings. The summed E-state index contributed by atoms with van der Waals surface area (Å²) in [4.78, 5) is 0. The first-order valence-electron chi connectivity index (χ1n) is 6.40. The number of hydrogen-bond acceptors (Lipinski definition) is 7. The second-order valence-corrected chi connectivity index (χ2v) is 5.54. The van der Waals surface area contributed by atoms with Gasteiger partial charge in [-0.15, -0.1) is 0 Å². The van der Waals surface area contributed by atoms with Gasteiger partial charge in [-0.3, -0.25) is 0 Å². The Kier molecular flexibility index (Phi) is 5.60. The maximum absolute atomic E-state index is 10.2. The van der Waals surface area contributed by atoms with E-state index in [1.807, 2.05) is 18.2 Å². The first-order chi connectivity index (χ1) is 9.53. The van der Waals surface area contributed by atoms with E-state index in [9.17, 15) is 10.2 Å². The lowest BCUT2D eigenvalue weighted by atomic mass is 9.82. The summed E-state index contributed by atoms with van der Waals surface area (Å²) in [7, 11) is -2.17. The average Bonchev–Trinajstić information content (AvgIpc) is 2.73. The summed E-state index contributed by atoms with van der Waals surface area (Å²) in [5, 5.41) is 41.6. The highest BCUT2D eigenvalue weighted by Crippen LogP contribution is 2.34. The Labute approximate surface area is 123 Å². The smallest absolute Gasteiger partial charge is 0.454 e. The Morgan fingerprint density at radius 2 is 1.57 bits per heavy atom. The van der Waals surface area contributed by atoms with Gasteiger partial charge in [0.25, 0.3) is 0 Å². The van der Waals surface area contributed by atoms with Crippen molar-refractivity contribution in [3.63, 3.8) is 0 Å². The Balaban J connectivity index is 0.000000491. The van der Waals surface area contributed by atoms with Gasteiger partial charge in [0.05, 0.1) is 11.2 Å². The van der Waals surface area contributed by atoms with Crippen molar-refractivity contribution in [2.75, 3.05) is 6.79 Å². The standard InChI is InChI=1S/C13H18O4.BH3O3/c1-12(2,14)13(3,15)7-9-4-5-10-11(6-9)17-8-16-10;2-1(3)4/h4-6,14-15H,7-8H2,1-3H3;2-4H. The molecule has 118 valence electrons. The molecule has 1 heterocycles. The summed E-state index contributed by atoms with van der Waals surface area (Å²) in [5.74, 6) is 1.41. The maximum Gasteiger partial charge on any atom is 0.631 e. The lowest BCUT2D eigenvalue weighted by Crippen LogP contribution is -2.49. The van der Waals surface area contributed by atoms with Crippen LogP contribution in [0.4, 0.5) is 0 Å². The van der Waals surface area contributed by atoms with Gasteiger partial charge in [-0.2, -0.15) is 0 Å². The molecule has 0 radical (unpaired) electrons. The molecule has 7 nitrogen and oxygen atoms in total. The van der Waals surface area contributed by atoms with Gasteiger partial charge in [0, 0.05) is 6.42 Å². The number of hydrogen-bond donors (Lipinski definition) is 5. The van der Waals surface area contributed by atoms with Crippen molar-refractivity contribution in [1.29, 1.82) is 0 Å². The first kappa shape index (κ1) is 17.7. The van der Waals surface area contributed by atoms with E-state index in [0.717, 1.165) is 11.3 Å². The van der Waals surface area contributed by atoms with Crippen LogP contribution in [-0.4, -0.2) is 50.6 Å². The molecule has 0 bridgehead atoms. The van der Waals surface area contributed by atoms with Gasteiger partial charge in [0.15, 0.2) is 11.5 Å². The van der Waals surface area contributed by atoms with E-state index in [2.05, 4.69) is 0 Å². The van der Waals surface area contributed by atoms with E-state index in [1.165, 1.54) is 0 Å². The van der Waals surface area contributed by atoms with Crippen LogP contribution >= 0.6 is 0 Å². The van der Waals surface area contributed by atoms with Gasteiger partial charge in [-0.1, -0.05) is 6.07 Å². The molecule has 0 saturated carbocycles. The summed E-state index contributed by atoms with van der Waals surface area (Å²) in [6, 6.07) is 5.52. The molecule has 0 amide bonds. The average molecular weight is 300 g/mol. The first-order valence-corrected chi connectivity index (χ1v) is 6.40. The normalized spacial score (nSPS) is 15.8. The summed E-state index contributed by atoms with van der Waals surface area (Å²) in [5.41, 5.74) is -1.45. The lowest BCUT2D eigenvalue weighted by molar-refractivity contribution is -0.118. The maximum atomic E-state index is 10.2. The Morgan fingerprint density at radius 3 is 2.10 bits per heavy atom. The van der Waals surface area contributed by atoms with Crippen molar-refractivity contribution in [2.45, 2.75) is 38.4 Å². The number of rotatable bonds is 3. The number of ether oxygens (including phenoxy) is 2. The van der Waals surface area contributed by atoms with E-state index >= 15 is 0 Å². The van der Waals surface area contributed by atoms with Crippen LogP contribution in [0.1, 0.15) is 26.3 Å². The monoisotopic (exact) mass is 300 g/mol. The summed E-state index contributed by atoms with van der Waals surface area (Å²) in [6.07, 6.45) is 0.354. The van der Waals surface area contributed by atoms with Gasteiger partial charge in [0.2, 0.25) is 6.79 Å². The highest BCUT2D eigenvalue weighted by atomic mass is 16.7. The highest BCUT2D eigenvalue weighted by Gasteiger charge is 2.37. The van der Waals surface area contributed by atoms with E-state index in [1.54, 1.807) is 20.8 Å². The van der Waals surface area contributed by atoms with Crippen LogP contribution in [-0.2, 0) is 6.42 Å². The molecule has 8 heteroatoms. The van der Waals surface area contributed by atoms with Crippen molar-refractivity contribution in [2.24, 2.45) is 0 Å². The van der Waals surface area contributed by atoms with E-state index < -0.39 is 18.5 Å². The Hall–Kier alpha value is -1.32. The SMILES string of the molecule is CC(C)(O)C(C)(O)Cc1ccc2c(c1)OCO2.OB(O)O. The van der Waals surface area contributed by atoms with Crippen molar-refractivity contribution in [3.8, 4) is 11.5 Å². The predicted molar refractivity (Wildman–Crippen MR) is 75.6 cm³/mol. The van der Waals surface area contributed by atoms with Crippen molar-refractivity contribution >= 4 is 7.32 Å². The lowest BCUT2D eigenvalue weighted by Gasteiger charge is -2.35. The molecule has 0 aromatic heterocycles. The molecule has 1 aromatic carbocycles. The van der Waals surface area contributed by atoms with E-state index in [0.29, 0.717) is 12.2 Å². The molecule has 0 aliphatic carbocycles. The third-order valence-corrected chi connectivity index (χ3v) is 3.30. The fraction of sp³-hybridized carbons (Fsp3) is 0.538. The fourth-order valence-electron chi connectivity index (χ4n) is 1.66. The number of benzene rings is 1. The van der Waals surface area contributed by atoms with Crippen LogP contribution in [0, 0.1) is 0 Å². The quantitative estimate of drug-likeness (QED) is 0.474. The fourth-order valence-corrected chi connectivity index (χ4v) is 1.66. The van der Waals surface area contributed by atoms with Crippen LogP contribution in [0.2, 0.25) is 0 Å². The minimum absolute atomic E-state index is 0.237. The Morgan fingerprint density at radius 1 is 1.05 bits per heavy atom. The van der Waals surface area contributed by atoms with Crippen LogP contribution in [0.5, 0.6) is 11.5 Å². The van der Waals surface area contributed by atoms with Gasteiger partial charge >= 0.3 is 7.32 Å². The van der Waals surface area contributed by atoms with Crippen LogP contribution in [0.15, 0.2) is 18.2 Å². The highest BCUT2D eigenvalue weighted by molar-refractivity contribution is 6.30. The summed E-state index contributed by atoms with van der Waals surface area (Å²) < 4.78 is 10.5. The number of fused-ring (bicyclic) bond motifs is 1. The van der Waals surface area contributed by atoms with Crippen LogP contribution < -0.4 is 9.47 Å². The van der Waals surface area contributed by atoms with Crippen molar-refractivity contribution in [1.82, 2.24) is 0 Å². The van der Waals surface area contributed by atoms with Crippen LogP contribution in [0.25, 0.3) is 0 Å². The van der Waals surface area contributed by atoms with Crippen molar-refractivity contribution < 1.29 is 34.8 Å². The second kappa shape index (κ2) is 6.63. The van der Waals surface area contributed by atoms with Gasteiger partial charge in [-0.05, 0) is 38.5 Å². The van der Waals surface area contributed by atoms with Gasteiger partial charge in [0.1, 0.15) is 0 Å². The second-order valence-electron chi connectivity index (χ2n) is 5.54. The Bertz CT molecular complexity index is 465. The molecule has 1 aliphatic rings. The van der Waals surface area contributed by atoms with E-state index in [4.69, 9.17) is 24.5 Å². The third-order valence-electron chi connectivity index (χ3n) is 3.30. The molecule has 1 unspecified atom stereocenters. The molecule has 1 atom stereocenters. The molecule has 0 fully saturated rings. The molecular weight excluding hydrogens is 279 g/mol.